The quantitative estimate of drug-likeness (QED) is 0.840. The maximum atomic E-state index is 9.69. The second-order valence-electron chi connectivity index (χ2n) is 4.01. The Morgan fingerprint density at radius 2 is 1.94 bits per heavy atom. The van der Waals surface area contributed by atoms with Crippen molar-refractivity contribution >= 4 is 0 Å². The van der Waals surface area contributed by atoms with Crippen molar-refractivity contribution in [1.82, 2.24) is 10.1 Å². The monoisotopic (exact) mass is 233 g/mol. The molecule has 2 aromatic rings. The first kappa shape index (κ1) is 11.6. The van der Waals surface area contributed by atoms with E-state index in [1.807, 2.05) is 26.0 Å². The van der Waals surface area contributed by atoms with Gasteiger partial charge in [-0.3, -0.25) is 0 Å². The summed E-state index contributed by atoms with van der Waals surface area (Å²) in [7, 11) is 0. The maximum Gasteiger partial charge on any atom is 0.228 e. The first-order valence-corrected chi connectivity index (χ1v) is 5.45. The molecule has 1 heterocycles. The lowest BCUT2D eigenvalue weighted by atomic mass is 10.1. The molecule has 90 valence electrons. The van der Waals surface area contributed by atoms with Gasteiger partial charge < -0.3 is 15.4 Å². The Labute approximate surface area is 99.3 Å². The SMILES string of the molecule is Cc1cc(-c2noc(CCN)n2)cc(C)c1O. The Hall–Kier alpha value is -1.88. The summed E-state index contributed by atoms with van der Waals surface area (Å²) in [5.41, 5.74) is 7.85. The van der Waals surface area contributed by atoms with Crippen LogP contribution >= 0.6 is 0 Å². The minimum Gasteiger partial charge on any atom is -0.507 e. The van der Waals surface area contributed by atoms with Gasteiger partial charge in [0.2, 0.25) is 11.7 Å². The van der Waals surface area contributed by atoms with Gasteiger partial charge in [-0.1, -0.05) is 5.16 Å². The van der Waals surface area contributed by atoms with Crippen LogP contribution in [0.15, 0.2) is 16.7 Å². The van der Waals surface area contributed by atoms with Crippen molar-refractivity contribution in [2.75, 3.05) is 6.54 Å². The Morgan fingerprint density at radius 3 is 2.53 bits per heavy atom. The molecule has 0 bridgehead atoms. The van der Waals surface area contributed by atoms with Crippen LogP contribution in [0.1, 0.15) is 17.0 Å². The van der Waals surface area contributed by atoms with Gasteiger partial charge >= 0.3 is 0 Å². The van der Waals surface area contributed by atoms with Crippen molar-refractivity contribution in [2.24, 2.45) is 5.73 Å². The molecular weight excluding hydrogens is 218 g/mol. The molecule has 0 fully saturated rings. The summed E-state index contributed by atoms with van der Waals surface area (Å²) in [4.78, 5) is 4.24. The molecule has 1 aromatic heterocycles. The first-order chi connectivity index (χ1) is 8.11. The van der Waals surface area contributed by atoms with Gasteiger partial charge in [-0.2, -0.15) is 4.98 Å². The van der Waals surface area contributed by atoms with Gasteiger partial charge in [0.1, 0.15) is 5.75 Å². The third-order valence-electron chi connectivity index (χ3n) is 2.58. The number of phenols is 1. The topological polar surface area (TPSA) is 85.2 Å². The number of nitrogens with zero attached hydrogens (tertiary/aromatic N) is 2. The lowest BCUT2D eigenvalue weighted by Crippen LogP contribution is -2.02. The molecule has 0 atom stereocenters. The van der Waals surface area contributed by atoms with Crippen molar-refractivity contribution in [3.05, 3.63) is 29.2 Å². The van der Waals surface area contributed by atoms with Crippen molar-refractivity contribution in [2.45, 2.75) is 20.3 Å². The summed E-state index contributed by atoms with van der Waals surface area (Å²) < 4.78 is 5.07. The van der Waals surface area contributed by atoms with Crippen LogP contribution in [0.3, 0.4) is 0 Å². The molecule has 0 unspecified atom stereocenters. The molecule has 0 aliphatic heterocycles. The molecule has 0 spiro atoms. The molecule has 0 amide bonds. The van der Waals surface area contributed by atoms with Crippen molar-refractivity contribution in [3.63, 3.8) is 0 Å². The number of rotatable bonds is 3. The third kappa shape index (κ3) is 2.29. The number of nitrogens with two attached hydrogens (primary N) is 1. The maximum absolute atomic E-state index is 9.69. The number of aryl methyl sites for hydroxylation is 2. The van der Waals surface area contributed by atoms with Crippen molar-refractivity contribution < 1.29 is 9.63 Å². The van der Waals surface area contributed by atoms with Gasteiger partial charge in [0.05, 0.1) is 0 Å². The third-order valence-corrected chi connectivity index (χ3v) is 2.58. The van der Waals surface area contributed by atoms with Crippen LogP contribution in [0.5, 0.6) is 5.75 Å². The molecule has 1 aromatic carbocycles. The van der Waals surface area contributed by atoms with E-state index in [1.165, 1.54) is 0 Å². The van der Waals surface area contributed by atoms with Crippen LogP contribution in [-0.4, -0.2) is 21.8 Å². The number of aromatic hydroxyl groups is 1. The average molecular weight is 233 g/mol. The zero-order valence-electron chi connectivity index (χ0n) is 9.90. The molecule has 0 aliphatic carbocycles. The second-order valence-corrected chi connectivity index (χ2v) is 4.01. The lowest BCUT2D eigenvalue weighted by molar-refractivity contribution is 0.380. The number of phenolic OH excluding ortho intramolecular Hbond substituents is 1. The minimum absolute atomic E-state index is 0.305. The summed E-state index contributed by atoms with van der Waals surface area (Å²) in [6, 6.07) is 3.67. The predicted octanol–water partition coefficient (Wildman–Crippen LogP) is 1.56. The van der Waals surface area contributed by atoms with E-state index in [-0.39, 0.29) is 0 Å². The van der Waals surface area contributed by atoms with E-state index in [9.17, 15) is 5.11 Å². The van der Waals surface area contributed by atoms with E-state index in [2.05, 4.69) is 10.1 Å². The number of hydrogen-bond donors (Lipinski definition) is 2. The molecule has 2 rings (SSSR count). The summed E-state index contributed by atoms with van der Waals surface area (Å²) >= 11 is 0. The van der Waals surface area contributed by atoms with Crippen LogP contribution < -0.4 is 5.73 Å². The Bertz CT molecular complexity index is 511. The van der Waals surface area contributed by atoms with Crippen LogP contribution in [0.25, 0.3) is 11.4 Å². The zero-order chi connectivity index (χ0) is 12.4. The first-order valence-electron chi connectivity index (χ1n) is 5.45. The summed E-state index contributed by atoms with van der Waals surface area (Å²) in [5, 5.41) is 13.6. The molecular formula is C12H15N3O2. The van der Waals surface area contributed by atoms with Crippen molar-refractivity contribution in [1.29, 1.82) is 0 Å². The van der Waals surface area contributed by atoms with E-state index in [0.717, 1.165) is 16.7 Å². The fraction of sp³-hybridized carbons (Fsp3) is 0.333. The Kier molecular flexibility index (Phi) is 3.10. The number of aromatic nitrogens is 2. The number of hydrogen-bond acceptors (Lipinski definition) is 5. The zero-order valence-corrected chi connectivity index (χ0v) is 9.90. The standard InChI is InChI=1S/C12H15N3O2/c1-7-5-9(6-8(2)11(7)16)12-14-10(3-4-13)17-15-12/h5-6,16H,3-4,13H2,1-2H3. The second kappa shape index (κ2) is 4.55. The molecule has 0 saturated carbocycles. The summed E-state index contributed by atoms with van der Waals surface area (Å²) in [6.45, 7) is 4.16. The molecule has 5 heteroatoms. The summed E-state index contributed by atoms with van der Waals surface area (Å²) in [6.07, 6.45) is 0.572. The van der Waals surface area contributed by atoms with E-state index < -0.39 is 0 Å². The molecule has 0 aliphatic rings. The van der Waals surface area contributed by atoms with Gasteiger partial charge in [0, 0.05) is 18.5 Å². The largest absolute Gasteiger partial charge is 0.507 e. The fourth-order valence-electron chi connectivity index (χ4n) is 1.68. The van der Waals surface area contributed by atoms with Gasteiger partial charge in [-0.15, -0.1) is 0 Å². The lowest BCUT2D eigenvalue weighted by Gasteiger charge is -2.04. The minimum atomic E-state index is 0.305. The number of benzene rings is 1. The smallest absolute Gasteiger partial charge is 0.228 e. The van der Waals surface area contributed by atoms with E-state index in [4.69, 9.17) is 10.3 Å². The van der Waals surface area contributed by atoms with Gasteiger partial charge in [-0.05, 0) is 37.1 Å². The predicted molar refractivity (Wildman–Crippen MR) is 63.6 cm³/mol. The van der Waals surface area contributed by atoms with Gasteiger partial charge in [-0.25, -0.2) is 0 Å². The highest BCUT2D eigenvalue weighted by molar-refractivity contribution is 5.60. The highest BCUT2D eigenvalue weighted by Gasteiger charge is 2.11. The molecule has 17 heavy (non-hydrogen) atoms. The molecule has 3 N–H and O–H groups in total. The van der Waals surface area contributed by atoms with Gasteiger partial charge in [0.15, 0.2) is 0 Å². The van der Waals surface area contributed by atoms with E-state index in [0.29, 0.717) is 30.4 Å². The Morgan fingerprint density at radius 1 is 1.29 bits per heavy atom. The van der Waals surface area contributed by atoms with E-state index >= 15 is 0 Å². The van der Waals surface area contributed by atoms with Crippen LogP contribution in [0.2, 0.25) is 0 Å². The molecule has 5 nitrogen and oxygen atoms in total. The van der Waals surface area contributed by atoms with Crippen molar-refractivity contribution in [3.8, 4) is 17.1 Å². The summed E-state index contributed by atoms with van der Waals surface area (Å²) in [5.74, 6) is 1.37. The molecule has 0 saturated heterocycles. The van der Waals surface area contributed by atoms with Crippen LogP contribution in [0.4, 0.5) is 0 Å². The highest BCUT2D eigenvalue weighted by Crippen LogP contribution is 2.27. The van der Waals surface area contributed by atoms with E-state index in [1.54, 1.807) is 0 Å². The molecule has 0 radical (unpaired) electrons. The van der Waals surface area contributed by atoms with Gasteiger partial charge in [0.25, 0.3) is 0 Å². The highest BCUT2D eigenvalue weighted by atomic mass is 16.5. The van der Waals surface area contributed by atoms with Crippen LogP contribution in [-0.2, 0) is 6.42 Å². The average Bonchev–Trinajstić information content (AvgIpc) is 2.74. The fourth-order valence-corrected chi connectivity index (χ4v) is 1.68. The Balaban J connectivity index is 2.39. The normalized spacial score (nSPS) is 10.8. The van der Waals surface area contributed by atoms with Crippen LogP contribution in [0, 0.1) is 13.8 Å².